The highest BCUT2D eigenvalue weighted by Crippen LogP contribution is 2.30. The normalized spacial score (nSPS) is 21.9. The number of hydrogen-bond acceptors (Lipinski definition) is 4. The van der Waals surface area contributed by atoms with Crippen LogP contribution in [-0.4, -0.2) is 45.8 Å². The summed E-state index contributed by atoms with van der Waals surface area (Å²) in [6.07, 6.45) is 5.08. The topological polar surface area (TPSA) is 61.4 Å². The molecule has 0 aliphatic carbocycles. The van der Waals surface area contributed by atoms with Crippen LogP contribution < -0.4 is 0 Å². The first-order valence-electron chi connectivity index (χ1n) is 8.86. The lowest BCUT2D eigenvalue weighted by Gasteiger charge is -2.40. The van der Waals surface area contributed by atoms with E-state index in [4.69, 9.17) is 4.74 Å². The Morgan fingerprint density at radius 2 is 2.17 bits per heavy atom. The molecule has 2 aromatic rings. The Morgan fingerprint density at radius 1 is 1.33 bits per heavy atom. The molecule has 0 radical (unpaired) electrons. The van der Waals surface area contributed by atoms with Crippen molar-refractivity contribution >= 4 is 0 Å². The average molecular weight is 329 g/mol. The lowest BCUT2D eigenvalue weighted by Crippen LogP contribution is -2.46. The van der Waals surface area contributed by atoms with E-state index in [2.05, 4.69) is 33.9 Å². The second-order valence-corrected chi connectivity index (χ2v) is 6.38. The Hall–Kier alpha value is -1.69. The van der Waals surface area contributed by atoms with Crippen LogP contribution >= 0.6 is 0 Å². The Labute approximate surface area is 143 Å². The Bertz CT molecular complexity index is 614. The average Bonchev–Trinajstić information content (AvgIpc) is 3.07. The van der Waals surface area contributed by atoms with Gasteiger partial charge >= 0.3 is 0 Å². The van der Waals surface area contributed by atoms with Crippen molar-refractivity contribution in [1.29, 1.82) is 0 Å². The molecule has 2 heterocycles. The molecule has 1 fully saturated rings. The van der Waals surface area contributed by atoms with E-state index in [0.717, 1.165) is 37.4 Å². The van der Waals surface area contributed by atoms with Crippen molar-refractivity contribution in [3.05, 3.63) is 53.6 Å². The third kappa shape index (κ3) is 4.04. The highest BCUT2D eigenvalue weighted by Gasteiger charge is 2.33. The number of morpholine rings is 1. The predicted octanol–water partition coefficient (Wildman–Crippen LogP) is 2.69. The van der Waals surface area contributed by atoms with Crippen LogP contribution in [0.25, 0.3) is 0 Å². The summed E-state index contributed by atoms with van der Waals surface area (Å²) < 4.78 is 5.80. The molecule has 0 spiro atoms. The fraction of sp³-hybridized carbons (Fsp3) is 0.526. The number of H-pyrrole nitrogens is 1. The van der Waals surface area contributed by atoms with Crippen LogP contribution in [0.1, 0.15) is 42.9 Å². The summed E-state index contributed by atoms with van der Waals surface area (Å²) in [6, 6.07) is 10.4. The summed E-state index contributed by atoms with van der Waals surface area (Å²) in [5, 5.41) is 9.74. The van der Waals surface area contributed by atoms with Gasteiger partial charge in [-0.25, -0.2) is 4.98 Å². The summed E-state index contributed by atoms with van der Waals surface area (Å²) in [7, 11) is 0. The van der Waals surface area contributed by atoms with Gasteiger partial charge in [0.15, 0.2) is 0 Å². The first kappa shape index (κ1) is 17.1. The maximum atomic E-state index is 9.74. The molecule has 1 aromatic heterocycles. The second kappa shape index (κ2) is 8.42. The van der Waals surface area contributed by atoms with Gasteiger partial charge < -0.3 is 14.8 Å². The van der Waals surface area contributed by atoms with Gasteiger partial charge in [0.25, 0.3) is 0 Å². The highest BCUT2D eigenvalue weighted by atomic mass is 16.5. The van der Waals surface area contributed by atoms with Crippen LogP contribution in [0.4, 0.5) is 0 Å². The first-order chi connectivity index (χ1) is 11.8. The zero-order valence-electron chi connectivity index (χ0n) is 14.3. The standard InChI is InChI=1S/C19H27N3O2/c1-2-3-9-18-20-12-16(21-18)13-22-10-11-24-17(14-23)19(22)15-7-5-4-6-8-15/h4-8,12,17,19,23H,2-3,9-11,13-14H2,1H3,(H,20,21)/t17-,19-/m1/s1. The number of aromatic amines is 1. The summed E-state index contributed by atoms with van der Waals surface area (Å²) in [4.78, 5) is 10.3. The van der Waals surface area contributed by atoms with E-state index in [-0.39, 0.29) is 18.8 Å². The number of aryl methyl sites for hydroxylation is 1. The number of aliphatic hydroxyl groups excluding tert-OH is 1. The lowest BCUT2D eigenvalue weighted by atomic mass is 9.98. The van der Waals surface area contributed by atoms with Crippen molar-refractivity contribution in [1.82, 2.24) is 14.9 Å². The maximum Gasteiger partial charge on any atom is 0.106 e. The number of imidazole rings is 1. The van der Waals surface area contributed by atoms with E-state index in [0.29, 0.717) is 6.61 Å². The van der Waals surface area contributed by atoms with Crippen molar-refractivity contribution in [2.75, 3.05) is 19.8 Å². The number of unbranched alkanes of at least 4 members (excludes halogenated alkanes) is 1. The number of ether oxygens (including phenoxy) is 1. The molecule has 5 nitrogen and oxygen atoms in total. The Balaban J connectivity index is 1.75. The van der Waals surface area contributed by atoms with Crippen molar-refractivity contribution in [3.8, 4) is 0 Å². The molecule has 1 aliphatic rings. The fourth-order valence-electron chi connectivity index (χ4n) is 3.37. The van der Waals surface area contributed by atoms with Crippen molar-refractivity contribution in [3.63, 3.8) is 0 Å². The highest BCUT2D eigenvalue weighted by molar-refractivity contribution is 5.21. The molecule has 1 aliphatic heterocycles. The molecule has 2 N–H and O–H groups in total. The van der Waals surface area contributed by atoms with E-state index in [1.54, 1.807) is 0 Å². The fourth-order valence-corrected chi connectivity index (χ4v) is 3.37. The molecular formula is C19H27N3O2. The predicted molar refractivity (Wildman–Crippen MR) is 93.6 cm³/mol. The molecule has 0 amide bonds. The van der Waals surface area contributed by atoms with E-state index in [1.165, 1.54) is 12.0 Å². The minimum absolute atomic E-state index is 0.0286. The summed E-state index contributed by atoms with van der Waals surface area (Å²) in [6.45, 7) is 4.50. The van der Waals surface area contributed by atoms with E-state index in [9.17, 15) is 5.11 Å². The van der Waals surface area contributed by atoms with Gasteiger partial charge in [-0.15, -0.1) is 0 Å². The summed E-state index contributed by atoms with van der Waals surface area (Å²) in [5.41, 5.74) is 2.31. The summed E-state index contributed by atoms with van der Waals surface area (Å²) in [5.74, 6) is 1.06. The number of hydrogen-bond donors (Lipinski definition) is 2. The second-order valence-electron chi connectivity index (χ2n) is 6.38. The van der Waals surface area contributed by atoms with Gasteiger partial charge in [0.1, 0.15) is 11.9 Å². The molecule has 1 aromatic carbocycles. The van der Waals surface area contributed by atoms with Gasteiger partial charge in [-0.05, 0) is 12.0 Å². The smallest absolute Gasteiger partial charge is 0.106 e. The van der Waals surface area contributed by atoms with Crippen molar-refractivity contribution < 1.29 is 9.84 Å². The van der Waals surface area contributed by atoms with Gasteiger partial charge in [-0.1, -0.05) is 43.7 Å². The first-order valence-corrected chi connectivity index (χ1v) is 8.86. The van der Waals surface area contributed by atoms with Crippen LogP contribution in [-0.2, 0) is 17.7 Å². The van der Waals surface area contributed by atoms with Gasteiger partial charge in [0.05, 0.1) is 19.3 Å². The monoisotopic (exact) mass is 329 g/mol. The third-order valence-electron chi connectivity index (χ3n) is 4.60. The molecule has 130 valence electrons. The summed E-state index contributed by atoms with van der Waals surface area (Å²) >= 11 is 0. The quantitative estimate of drug-likeness (QED) is 0.820. The van der Waals surface area contributed by atoms with Crippen LogP contribution in [0.3, 0.4) is 0 Å². The molecule has 2 atom stereocenters. The number of aliphatic hydroxyl groups is 1. The SMILES string of the molecule is CCCCc1ncc(CN2CCO[C@H](CO)[C@H]2c2ccccc2)[nH]1. The maximum absolute atomic E-state index is 9.74. The molecule has 1 saturated heterocycles. The van der Waals surface area contributed by atoms with E-state index >= 15 is 0 Å². The third-order valence-corrected chi connectivity index (χ3v) is 4.60. The van der Waals surface area contributed by atoms with Crippen LogP contribution in [0, 0.1) is 0 Å². The molecule has 3 rings (SSSR count). The Morgan fingerprint density at radius 3 is 2.92 bits per heavy atom. The lowest BCUT2D eigenvalue weighted by molar-refractivity contribution is -0.0963. The van der Waals surface area contributed by atoms with E-state index < -0.39 is 0 Å². The van der Waals surface area contributed by atoms with Gasteiger partial charge in [0, 0.05) is 31.4 Å². The van der Waals surface area contributed by atoms with Crippen LogP contribution in [0.5, 0.6) is 0 Å². The molecule has 0 bridgehead atoms. The molecular weight excluding hydrogens is 302 g/mol. The Kier molecular flexibility index (Phi) is 6.01. The zero-order chi connectivity index (χ0) is 16.8. The number of aromatic nitrogens is 2. The zero-order valence-corrected chi connectivity index (χ0v) is 14.3. The van der Waals surface area contributed by atoms with Gasteiger partial charge in [-0.3, -0.25) is 4.90 Å². The van der Waals surface area contributed by atoms with Crippen LogP contribution in [0.2, 0.25) is 0 Å². The van der Waals surface area contributed by atoms with Crippen LogP contribution in [0.15, 0.2) is 36.5 Å². The molecule has 24 heavy (non-hydrogen) atoms. The largest absolute Gasteiger partial charge is 0.394 e. The van der Waals surface area contributed by atoms with Crippen molar-refractivity contribution in [2.24, 2.45) is 0 Å². The minimum Gasteiger partial charge on any atom is -0.394 e. The number of rotatable bonds is 7. The number of benzene rings is 1. The number of nitrogens with zero attached hydrogens (tertiary/aromatic N) is 2. The molecule has 5 heteroatoms. The minimum atomic E-state index is -0.191. The molecule has 0 unspecified atom stereocenters. The van der Waals surface area contributed by atoms with E-state index in [1.807, 2.05) is 24.4 Å². The van der Waals surface area contributed by atoms with Crippen molar-refractivity contribution in [2.45, 2.75) is 44.9 Å². The number of nitrogens with one attached hydrogen (secondary N) is 1. The van der Waals surface area contributed by atoms with Gasteiger partial charge in [0.2, 0.25) is 0 Å². The molecule has 0 saturated carbocycles. The van der Waals surface area contributed by atoms with Gasteiger partial charge in [-0.2, -0.15) is 0 Å².